The lowest BCUT2D eigenvalue weighted by Crippen LogP contribution is -2.45. The van der Waals surface area contributed by atoms with E-state index >= 15 is 0 Å². The van der Waals surface area contributed by atoms with Crippen LogP contribution in [0.5, 0.6) is 0 Å². The molecule has 0 atom stereocenters. The highest BCUT2D eigenvalue weighted by atomic mass is 19.1. The molecule has 0 spiro atoms. The summed E-state index contributed by atoms with van der Waals surface area (Å²) in [6, 6.07) is 4.82. The van der Waals surface area contributed by atoms with Crippen LogP contribution in [0.4, 0.5) is 14.9 Å². The molecular formula is C13H17FN2O. The van der Waals surface area contributed by atoms with Crippen molar-refractivity contribution in [2.45, 2.75) is 32.7 Å². The van der Waals surface area contributed by atoms with E-state index in [1.54, 1.807) is 6.07 Å². The standard InChI is InChI=1S/C13H17FN2O/c1-9(2)15-13(17)16-8-4-6-10-5-3-7-11(14)12(10)16/h3,5,7,9H,4,6,8H2,1-2H3,(H,15,17). The van der Waals surface area contributed by atoms with Gasteiger partial charge in [-0.1, -0.05) is 12.1 Å². The molecule has 92 valence electrons. The molecule has 1 aromatic carbocycles. The molecule has 3 nitrogen and oxygen atoms in total. The molecule has 0 saturated carbocycles. The second-order valence-electron chi connectivity index (χ2n) is 4.61. The Labute approximate surface area is 101 Å². The zero-order valence-electron chi connectivity index (χ0n) is 10.2. The SMILES string of the molecule is CC(C)NC(=O)N1CCCc2cccc(F)c21. The van der Waals surface area contributed by atoms with Gasteiger partial charge in [-0.25, -0.2) is 9.18 Å². The monoisotopic (exact) mass is 236 g/mol. The molecule has 0 fully saturated rings. The number of aryl methyl sites for hydroxylation is 1. The first-order valence-corrected chi connectivity index (χ1v) is 5.95. The highest BCUT2D eigenvalue weighted by Crippen LogP contribution is 2.29. The summed E-state index contributed by atoms with van der Waals surface area (Å²) in [4.78, 5) is 13.5. The molecule has 0 aliphatic carbocycles. The molecule has 1 N–H and O–H groups in total. The van der Waals surface area contributed by atoms with E-state index in [1.807, 2.05) is 19.9 Å². The van der Waals surface area contributed by atoms with Crippen molar-refractivity contribution in [2.75, 3.05) is 11.4 Å². The maximum Gasteiger partial charge on any atom is 0.322 e. The van der Waals surface area contributed by atoms with Gasteiger partial charge in [0.15, 0.2) is 0 Å². The van der Waals surface area contributed by atoms with Gasteiger partial charge in [-0.15, -0.1) is 0 Å². The topological polar surface area (TPSA) is 32.3 Å². The first-order chi connectivity index (χ1) is 8.09. The Kier molecular flexibility index (Phi) is 3.31. The number of urea groups is 1. The highest BCUT2D eigenvalue weighted by molar-refractivity contribution is 5.93. The molecule has 0 bridgehead atoms. The smallest absolute Gasteiger partial charge is 0.322 e. The first kappa shape index (κ1) is 11.9. The molecule has 17 heavy (non-hydrogen) atoms. The minimum absolute atomic E-state index is 0.0552. The van der Waals surface area contributed by atoms with Crippen LogP contribution in [-0.4, -0.2) is 18.6 Å². The Morgan fingerprint density at radius 1 is 1.47 bits per heavy atom. The van der Waals surface area contributed by atoms with Crippen molar-refractivity contribution in [1.82, 2.24) is 5.32 Å². The van der Waals surface area contributed by atoms with Crippen LogP contribution in [0.1, 0.15) is 25.8 Å². The summed E-state index contributed by atoms with van der Waals surface area (Å²) < 4.78 is 13.8. The van der Waals surface area contributed by atoms with Crippen LogP contribution < -0.4 is 10.2 Å². The average molecular weight is 236 g/mol. The summed E-state index contributed by atoms with van der Waals surface area (Å²) in [5.74, 6) is -0.318. The van der Waals surface area contributed by atoms with Gasteiger partial charge >= 0.3 is 6.03 Å². The van der Waals surface area contributed by atoms with E-state index in [2.05, 4.69) is 5.32 Å². The summed E-state index contributed by atoms with van der Waals surface area (Å²) in [7, 11) is 0. The minimum Gasteiger partial charge on any atom is -0.336 e. The number of anilines is 1. The van der Waals surface area contributed by atoms with Crippen molar-refractivity contribution in [3.05, 3.63) is 29.6 Å². The van der Waals surface area contributed by atoms with Gasteiger partial charge < -0.3 is 5.32 Å². The van der Waals surface area contributed by atoms with E-state index < -0.39 is 0 Å². The maximum absolute atomic E-state index is 13.8. The lowest BCUT2D eigenvalue weighted by molar-refractivity contribution is 0.243. The number of carbonyl (C=O) groups excluding carboxylic acids is 1. The normalized spacial score (nSPS) is 14.7. The van der Waals surface area contributed by atoms with Crippen molar-refractivity contribution in [3.8, 4) is 0 Å². The molecule has 1 heterocycles. The molecular weight excluding hydrogens is 219 g/mol. The summed E-state index contributed by atoms with van der Waals surface area (Å²) in [6.45, 7) is 4.36. The van der Waals surface area contributed by atoms with Crippen molar-refractivity contribution < 1.29 is 9.18 Å². The van der Waals surface area contributed by atoms with E-state index in [4.69, 9.17) is 0 Å². The Bertz CT molecular complexity index is 431. The second kappa shape index (κ2) is 4.73. The van der Waals surface area contributed by atoms with E-state index in [-0.39, 0.29) is 17.9 Å². The van der Waals surface area contributed by atoms with Crippen LogP contribution in [0.25, 0.3) is 0 Å². The predicted octanol–water partition coefficient (Wildman–Crippen LogP) is 2.70. The molecule has 4 heteroatoms. The number of carbonyl (C=O) groups is 1. The number of rotatable bonds is 1. The summed E-state index contributed by atoms with van der Waals surface area (Å²) in [5.41, 5.74) is 1.35. The predicted molar refractivity (Wildman–Crippen MR) is 65.7 cm³/mol. The van der Waals surface area contributed by atoms with Gasteiger partial charge in [0.05, 0.1) is 5.69 Å². The van der Waals surface area contributed by atoms with E-state index in [9.17, 15) is 9.18 Å². The number of nitrogens with one attached hydrogen (secondary N) is 1. The molecule has 0 aromatic heterocycles. The molecule has 2 amide bonds. The van der Waals surface area contributed by atoms with Crippen molar-refractivity contribution in [3.63, 3.8) is 0 Å². The Hall–Kier alpha value is -1.58. The van der Waals surface area contributed by atoms with Crippen molar-refractivity contribution in [1.29, 1.82) is 0 Å². The minimum atomic E-state index is -0.318. The third-order valence-corrected chi connectivity index (χ3v) is 2.83. The summed E-state index contributed by atoms with van der Waals surface area (Å²) in [5, 5.41) is 2.80. The van der Waals surface area contributed by atoms with Crippen LogP contribution >= 0.6 is 0 Å². The zero-order chi connectivity index (χ0) is 12.4. The number of fused-ring (bicyclic) bond motifs is 1. The number of hydrogen-bond acceptors (Lipinski definition) is 1. The Morgan fingerprint density at radius 3 is 2.94 bits per heavy atom. The van der Waals surface area contributed by atoms with E-state index in [0.29, 0.717) is 12.2 Å². The van der Waals surface area contributed by atoms with E-state index in [0.717, 1.165) is 18.4 Å². The fourth-order valence-electron chi connectivity index (χ4n) is 2.13. The fraction of sp³-hybridized carbons (Fsp3) is 0.462. The molecule has 0 saturated heterocycles. The zero-order valence-corrected chi connectivity index (χ0v) is 10.2. The molecule has 2 rings (SSSR count). The number of benzene rings is 1. The number of halogens is 1. The van der Waals surface area contributed by atoms with Crippen LogP contribution in [-0.2, 0) is 6.42 Å². The van der Waals surface area contributed by atoms with Gasteiger partial charge in [0, 0.05) is 12.6 Å². The number of para-hydroxylation sites is 1. The quantitative estimate of drug-likeness (QED) is 0.798. The Morgan fingerprint density at radius 2 is 2.24 bits per heavy atom. The maximum atomic E-state index is 13.8. The fourth-order valence-corrected chi connectivity index (χ4v) is 2.13. The van der Waals surface area contributed by atoms with Crippen LogP contribution in [0.3, 0.4) is 0 Å². The lowest BCUT2D eigenvalue weighted by atomic mass is 10.0. The largest absolute Gasteiger partial charge is 0.336 e. The summed E-state index contributed by atoms with van der Waals surface area (Å²) in [6.07, 6.45) is 1.71. The van der Waals surface area contributed by atoms with Crippen molar-refractivity contribution >= 4 is 11.7 Å². The third-order valence-electron chi connectivity index (χ3n) is 2.83. The number of nitrogens with zero attached hydrogens (tertiary/aromatic N) is 1. The molecule has 1 aliphatic heterocycles. The molecule has 0 radical (unpaired) electrons. The van der Waals surface area contributed by atoms with Crippen LogP contribution in [0, 0.1) is 5.82 Å². The molecule has 0 unspecified atom stereocenters. The number of amides is 2. The van der Waals surface area contributed by atoms with Gasteiger partial charge in [-0.2, -0.15) is 0 Å². The van der Waals surface area contributed by atoms with Gasteiger partial charge in [0.1, 0.15) is 5.82 Å². The van der Waals surface area contributed by atoms with Crippen molar-refractivity contribution in [2.24, 2.45) is 0 Å². The third kappa shape index (κ3) is 2.40. The van der Waals surface area contributed by atoms with Gasteiger partial charge in [0.25, 0.3) is 0 Å². The van der Waals surface area contributed by atoms with Crippen LogP contribution in [0.15, 0.2) is 18.2 Å². The summed E-state index contributed by atoms with van der Waals surface area (Å²) >= 11 is 0. The lowest BCUT2D eigenvalue weighted by Gasteiger charge is -2.30. The Balaban J connectivity index is 2.31. The van der Waals surface area contributed by atoms with Gasteiger partial charge in [-0.05, 0) is 38.3 Å². The number of hydrogen-bond donors (Lipinski definition) is 1. The molecule has 1 aliphatic rings. The highest BCUT2D eigenvalue weighted by Gasteiger charge is 2.25. The van der Waals surface area contributed by atoms with Gasteiger partial charge in [0.2, 0.25) is 0 Å². The second-order valence-corrected chi connectivity index (χ2v) is 4.61. The van der Waals surface area contributed by atoms with Gasteiger partial charge in [-0.3, -0.25) is 4.90 Å². The molecule has 1 aromatic rings. The first-order valence-electron chi connectivity index (χ1n) is 5.95. The average Bonchev–Trinajstić information content (AvgIpc) is 2.28. The van der Waals surface area contributed by atoms with Crippen LogP contribution in [0.2, 0.25) is 0 Å². The van der Waals surface area contributed by atoms with E-state index in [1.165, 1.54) is 11.0 Å².